The number of carbonyl (C=O) groups excluding carboxylic acids is 4. The Labute approximate surface area is 185 Å². The zero-order valence-electron chi connectivity index (χ0n) is 18.3. The maximum absolute atomic E-state index is 12.9. The van der Waals surface area contributed by atoms with E-state index >= 15 is 0 Å². The van der Waals surface area contributed by atoms with E-state index in [0.717, 1.165) is 29.7 Å². The van der Waals surface area contributed by atoms with Crippen LogP contribution in [0.2, 0.25) is 0 Å². The smallest absolute Gasteiger partial charge is 0.319 e. The van der Waals surface area contributed by atoms with Crippen molar-refractivity contribution in [2.45, 2.75) is 52.5 Å². The van der Waals surface area contributed by atoms with E-state index in [0.29, 0.717) is 22.3 Å². The number of anilines is 1. The van der Waals surface area contributed by atoms with Crippen LogP contribution in [-0.4, -0.2) is 51.1 Å². The Morgan fingerprint density at radius 1 is 1.19 bits per heavy atom. The van der Waals surface area contributed by atoms with Crippen LogP contribution in [0.4, 0.5) is 16.2 Å². The predicted molar refractivity (Wildman–Crippen MR) is 114 cm³/mol. The third-order valence-electron chi connectivity index (χ3n) is 7.38. The highest BCUT2D eigenvalue weighted by atomic mass is 16.6. The monoisotopic (exact) mass is 442 g/mol. The van der Waals surface area contributed by atoms with Gasteiger partial charge in [-0.2, -0.15) is 0 Å². The van der Waals surface area contributed by atoms with Crippen molar-refractivity contribution in [1.29, 1.82) is 0 Å². The van der Waals surface area contributed by atoms with Gasteiger partial charge in [0.15, 0.2) is 0 Å². The second kappa shape index (κ2) is 7.99. The van der Waals surface area contributed by atoms with Crippen LogP contribution in [0.5, 0.6) is 0 Å². The summed E-state index contributed by atoms with van der Waals surface area (Å²) in [7, 11) is 0. The normalized spacial score (nSPS) is 25.6. The van der Waals surface area contributed by atoms with Crippen LogP contribution in [0.1, 0.15) is 43.7 Å². The minimum absolute atomic E-state index is 0.0117. The Morgan fingerprint density at radius 3 is 2.50 bits per heavy atom. The number of nitrogens with zero attached hydrogens (tertiary/aromatic N) is 3. The van der Waals surface area contributed by atoms with Gasteiger partial charge in [0.25, 0.3) is 5.69 Å². The van der Waals surface area contributed by atoms with E-state index in [1.165, 1.54) is 12.5 Å². The predicted octanol–water partition coefficient (Wildman–Crippen LogP) is 2.77. The summed E-state index contributed by atoms with van der Waals surface area (Å²) in [4.78, 5) is 63.0. The number of fused-ring (bicyclic) bond motifs is 2. The lowest BCUT2D eigenvalue weighted by molar-refractivity contribution is -0.384. The van der Waals surface area contributed by atoms with Gasteiger partial charge in [-0.3, -0.25) is 29.4 Å². The van der Waals surface area contributed by atoms with Gasteiger partial charge in [-0.05, 0) is 68.9 Å². The number of rotatable bonds is 6. The number of benzene rings is 1. The largest absolute Gasteiger partial charge is 0.334 e. The molecule has 4 rings (SSSR count). The highest BCUT2D eigenvalue weighted by Gasteiger charge is 2.52. The average molecular weight is 442 g/mol. The molecule has 170 valence electrons. The Balaban J connectivity index is 1.49. The van der Waals surface area contributed by atoms with Crippen molar-refractivity contribution in [1.82, 2.24) is 9.80 Å². The van der Waals surface area contributed by atoms with Gasteiger partial charge in [0.1, 0.15) is 12.2 Å². The fourth-order valence-corrected chi connectivity index (χ4v) is 5.53. The molecule has 4 atom stereocenters. The zero-order chi connectivity index (χ0) is 23.3. The summed E-state index contributed by atoms with van der Waals surface area (Å²) >= 11 is 0. The second-order valence-corrected chi connectivity index (χ2v) is 9.14. The van der Waals surface area contributed by atoms with Crippen LogP contribution in [0.25, 0.3) is 0 Å². The topological polar surface area (TPSA) is 130 Å². The van der Waals surface area contributed by atoms with Gasteiger partial charge in [0, 0.05) is 12.1 Å². The molecule has 2 saturated carbocycles. The van der Waals surface area contributed by atoms with Crippen LogP contribution in [0, 0.1) is 41.7 Å². The number of hydrogen-bond acceptors (Lipinski definition) is 6. The van der Waals surface area contributed by atoms with E-state index in [9.17, 15) is 29.3 Å². The van der Waals surface area contributed by atoms with Crippen molar-refractivity contribution in [3.8, 4) is 0 Å². The van der Waals surface area contributed by atoms with Crippen LogP contribution >= 0.6 is 0 Å². The molecule has 3 fully saturated rings. The zero-order valence-corrected chi connectivity index (χ0v) is 18.3. The van der Waals surface area contributed by atoms with Gasteiger partial charge in [-0.1, -0.05) is 12.5 Å². The summed E-state index contributed by atoms with van der Waals surface area (Å²) in [6.07, 6.45) is 4.28. The van der Waals surface area contributed by atoms with Crippen LogP contribution < -0.4 is 5.32 Å². The van der Waals surface area contributed by atoms with Gasteiger partial charge >= 0.3 is 17.8 Å². The molecular formula is C22H26N4O6. The number of nitrogens with one attached hydrogen (secondary N) is 1. The van der Waals surface area contributed by atoms with Gasteiger partial charge < -0.3 is 5.32 Å². The van der Waals surface area contributed by atoms with Crippen molar-refractivity contribution in [3.63, 3.8) is 0 Å². The van der Waals surface area contributed by atoms with Crippen molar-refractivity contribution in [2.24, 2.45) is 17.8 Å². The Hall–Kier alpha value is -3.30. The molecule has 32 heavy (non-hydrogen) atoms. The van der Waals surface area contributed by atoms with Gasteiger partial charge in [-0.25, -0.2) is 9.69 Å². The first-order chi connectivity index (χ1) is 15.1. The van der Waals surface area contributed by atoms with E-state index in [4.69, 9.17) is 0 Å². The summed E-state index contributed by atoms with van der Waals surface area (Å²) in [5, 5.41) is 13.8. The lowest BCUT2D eigenvalue weighted by Gasteiger charge is -2.32. The number of nitro benzene ring substituents is 1. The number of urea groups is 1. The first-order valence-electron chi connectivity index (χ1n) is 10.8. The Kier molecular flexibility index (Phi) is 5.47. The first kappa shape index (κ1) is 21.9. The quantitative estimate of drug-likeness (QED) is 0.312. The molecule has 0 aromatic heterocycles. The molecule has 1 heterocycles. The third kappa shape index (κ3) is 3.53. The molecule has 1 N–H and O–H groups in total. The molecule has 0 spiro atoms. The lowest BCUT2D eigenvalue weighted by Crippen LogP contribution is -2.45. The molecule has 1 saturated heterocycles. The van der Waals surface area contributed by atoms with E-state index in [1.807, 2.05) is 0 Å². The van der Waals surface area contributed by atoms with Crippen molar-refractivity contribution < 1.29 is 24.1 Å². The van der Waals surface area contributed by atoms with Gasteiger partial charge in [0.2, 0.25) is 5.91 Å². The summed E-state index contributed by atoms with van der Waals surface area (Å²) < 4.78 is 0. The molecule has 2 bridgehead atoms. The maximum Gasteiger partial charge on any atom is 0.334 e. The average Bonchev–Trinajstić information content (AvgIpc) is 3.42. The molecule has 0 radical (unpaired) electrons. The summed E-state index contributed by atoms with van der Waals surface area (Å²) in [5.41, 5.74) is 0.968. The highest BCUT2D eigenvalue weighted by molar-refractivity contribution is 6.45. The maximum atomic E-state index is 12.9. The van der Waals surface area contributed by atoms with Gasteiger partial charge in [-0.15, -0.1) is 0 Å². The van der Waals surface area contributed by atoms with E-state index in [-0.39, 0.29) is 17.3 Å². The number of nitro groups is 1. The van der Waals surface area contributed by atoms with Gasteiger partial charge in [0.05, 0.1) is 4.92 Å². The fraction of sp³-hybridized carbons (Fsp3) is 0.545. The molecule has 1 aliphatic heterocycles. The van der Waals surface area contributed by atoms with Crippen molar-refractivity contribution in [3.05, 3.63) is 33.4 Å². The Morgan fingerprint density at radius 2 is 1.91 bits per heavy atom. The summed E-state index contributed by atoms with van der Waals surface area (Å²) in [6.45, 7) is 4.48. The first-order valence-corrected chi connectivity index (χ1v) is 10.8. The SMILES string of the molecule is Cc1ccc([N+](=O)[O-])c(NC(=O)CN2C(=O)C(=O)N([C@@H](C)[C@H]3C[C@H]4CC[C@H]3C4)C2=O)c1C. The molecule has 1 aromatic carbocycles. The number of aryl methyl sites for hydroxylation is 1. The standard InChI is InChI=1S/C22H26N4O6/c1-11-4-7-17(26(31)32)19(12(11)2)23-18(27)10-24-20(28)21(29)25(22(24)30)13(3)16-9-14-5-6-15(16)8-14/h4,7,13-16H,5-6,8-10H2,1-3H3,(H,23,27)/t13-,14-,15-,16+/m0/s1. The number of amides is 5. The molecule has 1 aromatic rings. The molecule has 2 aliphatic carbocycles. The molecule has 3 aliphatic rings. The summed E-state index contributed by atoms with van der Waals surface area (Å²) in [6, 6.07) is 1.64. The minimum atomic E-state index is -1.05. The second-order valence-electron chi connectivity index (χ2n) is 9.14. The van der Waals surface area contributed by atoms with Crippen LogP contribution in [-0.2, 0) is 14.4 Å². The molecule has 10 nitrogen and oxygen atoms in total. The van der Waals surface area contributed by atoms with Crippen LogP contribution in [0.15, 0.2) is 12.1 Å². The van der Waals surface area contributed by atoms with Crippen molar-refractivity contribution >= 4 is 35.1 Å². The number of imide groups is 2. The van der Waals surface area contributed by atoms with E-state index in [1.54, 1.807) is 26.8 Å². The molecule has 0 unspecified atom stereocenters. The van der Waals surface area contributed by atoms with E-state index in [2.05, 4.69) is 5.32 Å². The van der Waals surface area contributed by atoms with Crippen LogP contribution in [0.3, 0.4) is 0 Å². The number of carbonyl (C=O) groups is 4. The lowest BCUT2D eigenvalue weighted by atomic mass is 9.83. The molecule has 10 heteroatoms. The van der Waals surface area contributed by atoms with E-state index < -0.39 is 41.3 Å². The highest BCUT2D eigenvalue weighted by Crippen LogP contribution is 2.50. The minimum Gasteiger partial charge on any atom is -0.319 e. The molecule has 5 amide bonds. The third-order valence-corrected chi connectivity index (χ3v) is 7.38. The number of hydrogen-bond donors (Lipinski definition) is 1. The molecular weight excluding hydrogens is 416 g/mol. The Bertz CT molecular complexity index is 1040. The summed E-state index contributed by atoms with van der Waals surface area (Å²) in [5.74, 6) is -1.52. The van der Waals surface area contributed by atoms with Crippen molar-refractivity contribution in [2.75, 3.05) is 11.9 Å². The fourth-order valence-electron chi connectivity index (χ4n) is 5.53.